The fourth-order valence-electron chi connectivity index (χ4n) is 3.79. The van der Waals surface area contributed by atoms with Gasteiger partial charge in [-0.25, -0.2) is 9.78 Å². The molecule has 1 aliphatic rings. The van der Waals surface area contributed by atoms with E-state index in [9.17, 15) is 14.4 Å². The van der Waals surface area contributed by atoms with Crippen LogP contribution in [0.2, 0.25) is 0 Å². The molecule has 3 rings (SSSR count). The van der Waals surface area contributed by atoms with Crippen LogP contribution in [0.25, 0.3) is 11.2 Å². The van der Waals surface area contributed by atoms with Crippen LogP contribution in [0.4, 0.5) is 0 Å². The van der Waals surface area contributed by atoms with Crippen molar-refractivity contribution in [3.63, 3.8) is 0 Å². The van der Waals surface area contributed by atoms with Crippen molar-refractivity contribution in [2.24, 2.45) is 20.0 Å². The summed E-state index contributed by atoms with van der Waals surface area (Å²) in [6.07, 6.45) is 7.25. The summed E-state index contributed by atoms with van der Waals surface area (Å²) in [4.78, 5) is 40.8. The Morgan fingerprint density at radius 3 is 2.69 bits per heavy atom. The number of carbonyl (C=O) groups excluding carboxylic acids is 1. The van der Waals surface area contributed by atoms with Crippen LogP contribution >= 0.6 is 0 Å². The van der Waals surface area contributed by atoms with E-state index in [1.165, 1.54) is 30.9 Å². The molecule has 0 spiro atoms. The van der Waals surface area contributed by atoms with Gasteiger partial charge in [0.05, 0.1) is 6.33 Å². The minimum Gasteiger partial charge on any atom is -0.353 e. The normalized spacial score (nSPS) is 20.4. The maximum absolute atomic E-state index is 12.4. The van der Waals surface area contributed by atoms with E-state index in [1.54, 1.807) is 17.9 Å². The van der Waals surface area contributed by atoms with Crippen molar-refractivity contribution in [3.8, 4) is 0 Å². The monoisotopic (exact) mass is 361 g/mol. The Balaban J connectivity index is 1.64. The van der Waals surface area contributed by atoms with E-state index in [1.807, 2.05) is 0 Å². The minimum absolute atomic E-state index is 0.0634. The molecule has 1 aliphatic carbocycles. The average molecular weight is 361 g/mol. The fraction of sp³-hybridized carbons (Fsp3) is 0.667. The van der Waals surface area contributed by atoms with Gasteiger partial charge in [0.15, 0.2) is 11.2 Å². The van der Waals surface area contributed by atoms with Crippen molar-refractivity contribution in [2.45, 2.75) is 58.0 Å². The Morgan fingerprint density at radius 1 is 1.23 bits per heavy atom. The van der Waals surface area contributed by atoms with E-state index in [0.717, 1.165) is 11.0 Å². The van der Waals surface area contributed by atoms with E-state index >= 15 is 0 Å². The Bertz CT molecular complexity index is 923. The summed E-state index contributed by atoms with van der Waals surface area (Å²) in [5, 5.41) is 3.15. The van der Waals surface area contributed by atoms with E-state index < -0.39 is 5.69 Å². The number of hydrogen-bond donors (Lipinski definition) is 1. The molecule has 142 valence electrons. The number of hydrogen-bond acceptors (Lipinski definition) is 4. The molecule has 1 N–H and O–H groups in total. The number of nitrogens with one attached hydrogen (secondary N) is 1. The third kappa shape index (κ3) is 3.45. The Hall–Kier alpha value is -2.38. The molecule has 26 heavy (non-hydrogen) atoms. The number of carbonyl (C=O) groups is 1. The SMILES string of the molecule is C[C@H]1CCCC[C@H]1NC(=O)CCCn1cnc2c1c(=O)n(C)c(=O)n2C. The number of nitrogens with zero attached hydrogens (tertiary/aromatic N) is 4. The number of aryl methyl sites for hydroxylation is 2. The van der Waals surface area contributed by atoms with Gasteiger partial charge in [-0.15, -0.1) is 0 Å². The van der Waals surface area contributed by atoms with Crippen LogP contribution < -0.4 is 16.6 Å². The highest BCUT2D eigenvalue weighted by Gasteiger charge is 2.22. The topological polar surface area (TPSA) is 90.9 Å². The molecular formula is C18H27N5O3. The molecule has 8 nitrogen and oxygen atoms in total. The molecule has 0 unspecified atom stereocenters. The highest BCUT2D eigenvalue weighted by Crippen LogP contribution is 2.23. The van der Waals surface area contributed by atoms with Crippen LogP contribution in [0, 0.1) is 5.92 Å². The second kappa shape index (κ2) is 7.47. The van der Waals surface area contributed by atoms with Crippen LogP contribution in [-0.2, 0) is 25.4 Å². The summed E-state index contributed by atoms with van der Waals surface area (Å²) in [5.74, 6) is 0.600. The van der Waals surface area contributed by atoms with Gasteiger partial charge < -0.3 is 9.88 Å². The zero-order valence-electron chi connectivity index (χ0n) is 15.7. The highest BCUT2D eigenvalue weighted by molar-refractivity contribution is 5.76. The lowest BCUT2D eigenvalue weighted by Gasteiger charge is -2.29. The molecule has 0 saturated heterocycles. The third-order valence-corrected chi connectivity index (χ3v) is 5.48. The molecule has 2 atom stereocenters. The predicted octanol–water partition coefficient (Wildman–Crippen LogP) is 0.909. The maximum Gasteiger partial charge on any atom is 0.332 e. The summed E-state index contributed by atoms with van der Waals surface area (Å²) < 4.78 is 4.18. The molecule has 0 bridgehead atoms. The number of amides is 1. The molecule has 2 aromatic rings. The summed E-state index contributed by atoms with van der Waals surface area (Å²) in [5.41, 5.74) is 0.0179. The average Bonchev–Trinajstić information content (AvgIpc) is 3.04. The number of imidazole rings is 1. The summed E-state index contributed by atoms with van der Waals surface area (Å²) in [6.45, 7) is 2.71. The Kier molecular flexibility index (Phi) is 5.29. The first kappa shape index (κ1) is 18.4. The van der Waals surface area contributed by atoms with E-state index in [2.05, 4.69) is 17.2 Å². The van der Waals surface area contributed by atoms with Crippen LogP contribution in [0.15, 0.2) is 15.9 Å². The van der Waals surface area contributed by atoms with Crippen molar-refractivity contribution < 1.29 is 4.79 Å². The zero-order valence-corrected chi connectivity index (χ0v) is 15.7. The second-order valence-corrected chi connectivity index (χ2v) is 7.36. The maximum atomic E-state index is 12.4. The Labute approximate surface area is 151 Å². The molecule has 2 heterocycles. The molecule has 1 fully saturated rings. The lowest BCUT2D eigenvalue weighted by atomic mass is 9.86. The van der Waals surface area contributed by atoms with Crippen molar-refractivity contribution in [1.82, 2.24) is 24.0 Å². The second-order valence-electron chi connectivity index (χ2n) is 7.36. The van der Waals surface area contributed by atoms with Gasteiger partial charge in [-0.1, -0.05) is 19.8 Å². The predicted molar refractivity (Wildman–Crippen MR) is 99.0 cm³/mol. The van der Waals surface area contributed by atoms with Gasteiger partial charge in [-0.3, -0.25) is 18.7 Å². The molecule has 1 saturated carbocycles. The van der Waals surface area contributed by atoms with Crippen LogP contribution in [0.5, 0.6) is 0 Å². The van der Waals surface area contributed by atoms with Crippen LogP contribution in [0.3, 0.4) is 0 Å². The van der Waals surface area contributed by atoms with E-state index in [4.69, 9.17) is 0 Å². The highest BCUT2D eigenvalue weighted by atomic mass is 16.2. The number of aromatic nitrogens is 4. The molecule has 2 aromatic heterocycles. The van der Waals surface area contributed by atoms with Crippen molar-refractivity contribution in [3.05, 3.63) is 27.2 Å². The molecule has 8 heteroatoms. The smallest absolute Gasteiger partial charge is 0.332 e. The van der Waals surface area contributed by atoms with Gasteiger partial charge in [-0.2, -0.15) is 0 Å². The first-order valence-electron chi connectivity index (χ1n) is 9.30. The van der Waals surface area contributed by atoms with Crippen LogP contribution in [0.1, 0.15) is 45.4 Å². The fourth-order valence-corrected chi connectivity index (χ4v) is 3.79. The summed E-state index contributed by atoms with van der Waals surface area (Å²) in [6, 6.07) is 0.284. The lowest BCUT2D eigenvalue weighted by Crippen LogP contribution is -2.41. The largest absolute Gasteiger partial charge is 0.353 e. The molecule has 0 radical (unpaired) electrons. The first-order chi connectivity index (χ1) is 12.4. The van der Waals surface area contributed by atoms with Gasteiger partial charge in [0.2, 0.25) is 5.91 Å². The quantitative estimate of drug-likeness (QED) is 0.857. The standard InChI is InChI=1S/C18H27N5O3/c1-12-7-4-5-8-13(12)20-14(24)9-6-10-23-11-19-16-15(23)17(25)22(3)18(26)21(16)2/h11-13H,4-10H2,1-3H3,(H,20,24)/t12-,13+/m0/s1. The molecule has 0 aromatic carbocycles. The van der Waals surface area contributed by atoms with E-state index in [0.29, 0.717) is 36.5 Å². The third-order valence-electron chi connectivity index (χ3n) is 5.48. The zero-order chi connectivity index (χ0) is 18.8. The first-order valence-corrected chi connectivity index (χ1v) is 9.30. The molecule has 0 aliphatic heterocycles. The number of fused-ring (bicyclic) bond motifs is 1. The molecular weight excluding hydrogens is 334 g/mol. The van der Waals surface area contributed by atoms with Gasteiger partial charge in [0.25, 0.3) is 5.56 Å². The lowest BCUT2D eigenvalue weighted by molar-refractivity contribution is -0.122. The van der Waals surface area contributed by atoms with Gasteiger partial charge in [-0.05, 0) is 25.2 Å². The van der Waals surface area contributed by atoms with E-state index in [-0.39, 0.29) is 17.5 Å². The summed E-state index contributed by atoms with van der Waals surface area (Å²) >= 11 is 0. The van der Waals surface area contributed by atoms with Gasteiger partial charge in [0.1, 0.15) is 0 Å². The van der Waals surface area contributed by atoms with Crippen LogP contribution in [-0.4, -0.2) is 30.6 Å². The summed E-state index contributed by atoms with van der Waals surface area (Å²) in [7, 11) is 3.06. The Morgan fingerprint density at radius 2 is 1.96 bits per heavy atom. The minimum atomic E-state index is -0.395. The van der Waals surface area contributed by atoms with Gasteiger partial charge >= 0.3 is 5.69 Å². The molecule has 1 amide bonds. The van der Waals surface area contributed by atoms with Crippen molar-refractivity contribution >= 4 is 17.1 Å². The van der Waals surface area contributed by atoms with Crippen molar-refractivity contribution in [1.29, 1.82) is 0 Å². The number of rotatable bonds is 5. The van der Waals surface area contributed by atoms with Crippen molar-refractivity contribution in [2.75, 3.05) is 0 Å². The van der Waals surface area contributed by atoms with Gasteiger partial charge in [0, 0.05) is 33.1 Å².